The van der Waals surface area contributed by atoms with E-state index in [0.29, 0.717) is 13.0 Å². The van der Waals surface area contributed by atoms with E-state index < -0.39 is 0 Å². The Morgan fingerprint density at radius 3 is 2.78 bits per heavy atom. The summed E-state index contributed by atoms with van der Waals surface area (Å²) in [6.45, 7) is 0.638. The molecule has 1 heterocycles. The zero-order chi connectivity index (χ0) is 5.82. The van der Waals surface area contributed by atoms with E-state index in [4.69, 9.17) is 4.74 Å². The van der Waals surface area contributed by atoms with Gasteiger partial charge < -0.3 is 4.74 Å². The maximum Gasteiger partial charge on any atom is 0.305 e. The lowest BCUT2D eigenvalue weighted by Gasteiger charge is -1.93. The average Bonchev–Trinajstić information content (AvgIpc) is 1.94. The fourth-order valence-corrected chi connectivity index (χ4v) is 0.806. The Kier molecular flexibility index (Phi) is 4.40. The number of ether oxygens (including phenoxy) is 1. The topological polar surface area (TPSA) is 26.3 Å². The second-order valence-electron chi connectivity index (χ2n) is 2.03. The van der Waals surface area contributed by atoms with Gasteiger partial charge in [-0.05, 0) is 30.2 Å². The van der Waals surface area contributed by atoms with Crippen molar-refractivity contribution in [2.75, 3.05) is 6.61 Å². The molecule has 3 heteroatoms. The van der Waals surface area contributed by atoms with E-state index in [9.17, 15) is 4.79 Å². The van der Waals surface area contributed by atoms with Gasteiger partial charge in [0.1, 0.15) is 0 Å². The first-order valence-corrected chi connectivity index (χ1v) is 3.05. The third-order valence-corrected chi connectivity index (χ3v) is 1.29. The van der Waals surface area contributed by atoms with E-state index in [1.165, 1.54) is 0 Å². The summed E-state index contributed by atoms with van der Waals surface area (Å²) < 4.78 is 4.76. The SMILES string of the molecule is O=C1CCCCCO1.[SiH4]. The van der Waals surface area contributed by atoms with Crippen molar-refractivity contribution in [3.63, 3.8) is 0 Å². The highest BCUT2D eigenvalue weighted by molar-refractivity contribution is 5.75. The van der Waals surface area contributed by atoms with E-state index in [0.717, 1.165) is 19.3 Å². The molecule has 9 heavy (non-hydrogen) atoms. The van der Waals surface area contributed by atoms with Crippen molar-refractivity contribution < 1.29 is 9.53 Å². The summed E-state index contributed by atoms with van der Waals surface area (Å²) >= 11 is 0. The number of carbonyl (C=O) groups excluding carboxylic acids is 1. The summed E-state index contributed by atoms with van der Waals surface area (Å²) in [6.07, 6.45) is 3.83. The van der Waals surface area contributed by atoms with Crippen molar-refractivity contribution in [1.29, 1.82) is 0 Å². The average molecular weight is 146 g/mol. The Labute approximate surface area is 59.6 Å². The predicted octanol–water partition coefficient (Wildman–Crippen LogP) is -0.348. The molecule has 54 valence electrons. The third-order valence-electron chi connectivity index (χ3n) is 1.29. The second-order valence-corrected chi connectivity index (χ2v) is 2.03. The van der Waals surface area contributed by atoms with Gasteiger partial charge in [0.15, 0.2) is 0 Å². The highest BCUT2D eigenvalue weighted by Gasteiger charge is 2.05. The van der Waals surface area contributed by atoms with E-state index in [1.807, 2.05) is 0 Å². The van der Waals surface area contributed by atoms with Gasteiger partial charge in [-0.3, -0.25) is 4.79 Å². The molecule has 2 nitrogen and oxygen atoms in total. The summed E-state index contributed by atoms with van der Waals surface area (Å²) in [4.78, 5) is 10.5. The van der Waals surface area contributed by atoms with Crippen LogP contribution in [0.4, 0.5) is 0 Å². The van der Waals surface area contributed by atoms with Crippen LogP contribution in [0.2, 0.25) is 0 Å². The van der Waals surface area contributed by atoms with Gasteiger partial charge in [0.2, 0.25) is 0 Å². The molecule has 1 rings (SSSR count). The molecule has 0 atom stereocenters. The Hall–Kier alpha value is -0.313. The molecule has 0 spiro atoms. The summed E-state index contributed by atoms with van der Waals surface area (Å²) in [5.74, 6) is -0.0255. The Bertz CT molecular complexity index is 83.1. The van der Waals surface area contributed by atoms with Crippen LogP contribution in [0.1, 0.15) is 25.7 Å². The first-order chi connectivity index (χ1) is 3.89. The number of cyclic esters (lactones) is 1. The Morgan fingerprint density at radius 2 is 2.00 bits per heavy atom. The van der Waals surface area contributed by atoms with Crippen LogP contribution < -0.4 is 0 Å². The van der Waals surface area contributed by atoms with Crippen LogP contribution in [0.25, 0.3) is 0 Å². The maximum atomic E-state index is 10.5. The van der Waals surface area contributed by atoms with Gasteiger partial charge in [-0.15, -0.1) is 0 Å². The van der Waals surface area contributed by atoms with Gasteiger partial charge in [-0.25, -0.2) is 0 Å². The molecule has 0 N–H and O–H groups in total. The van der Waals surface area contributed by atoms with Crippen LogP contribution in [-0.2, 0) is 9.53 Å². The molecule has 1 saturated heterocycles. The van der Waals surface area contributed by atoms with Gasteiger partial charge in [0.05, 0.1) is 6.61 Å². The molecule has 0 bridgehead atoms. The molecule has 0 saturated carbocycles. The molecule has 0 radical (unpaired) electrons. The van der Waals surface area contributed by atoms with Gasteiger partial charge in [0, 0.05) is 6.42 Å². The van der Waals surface area contributed by atoms with Crippen LogP contribution in [0.3, 0.4) is 0 Å². The van der Waals surface area contributed by atoms with Gasteiger partial charge in [-0.2, -0.15) is 0 Å². The molecule has 0 aromatic rings. The minimum atomic E-state index is -0.0255. The van der Waals surface area contributed by atoms with Gasteiger partial charge in [0.25, 0.3) is 0 Å². The highest BCUT2D eigenvalue weighted by atomic mass is 28.1. The van der Waals surface area contributed by atoms with E-state index >= 15 is 0 Å². The van der Waals surface area contributed by atoms with Crippen LogP contribution in [0, 0.1) is 0 Å². The fraction of sp³-hybridized carbons (Fsp3) is 0.833. The molecule has 1 fully saturated rings. The molecule has 0 amide bonds. The zero-order valence-corrected chi connectivity index (χ0v) is 4.85. The molecule has 0 aromatic carbocycles. The molecule has 1 aliphatic heterocycles. The van der Waals surface area contributed by atoms with Crippen molar-refractivity contribution in [2.45, 2.75) is 25.7 Å². The van der Waals surface area contributed by atoms with E-state index in [1.54, 1.807) is 0 Å². The molecular weight excluding hydrogens is 132 g/mol. The van der Waals surface area contributed by atoms with Crippen molar-refractivity contribution in [1.82, 2.24) is 0 Å². The minimum absolute atomic E-state index is 0. The molecule has 0 aromatic heterocycles. The van der Waals surface area contributed by atoms with Gasteiger partial charge >= 0.3 is 5.97 Å². The summed E-state index contributed by atoms with van der Waals surface area (Å²) in [6, 6.07) is 0. The molecule has 1 aliphatic rings. The van der Waals surface area contributed by atoms with Crippen molar-refractivity contribution >= 4 is 16.9 Å². The Morgan fingerprint density at radius 1 is 1.22 bits per heavy atom. The summed E-state index contributed by atoms with van der Waals surface area (Å²) in [5.41, 5.74) is 0. The molecule has 0 aliphatic carbocycles. The van der Waals surface area contributed by atoms with Gasteiger partial charge in [-0.1, -0.05) is 0 Å². The second kappa shape index (κ2) is 4.55. The van der Waals surface area contributed by atoms with Crippen molar-refractivity contribution in [3.05, 3.63) is 0 Å². The largest absolute Gasteiger partial charge is 0.466 e. The monoisotopic (exact) mass is 146 g/mol. The van der Waals surface area contributed by atoms with Crippen LogP contribution in [0.5, 0.6) is 0 Å². The van der Waals surface area contributed by atoms with E-state index in [2.05, 4.69) is 0 Å². The van der Waals surface area contributed by atoms with Crippen LogP contribution in [0.15, 0.2) is 0 Å². The van der Waals surface area contributed by atoms with Crippen LogP contribution >= 0.6 is 0 Å². The summed E-state index contributed by atoms with van der Waals surface area (Å²) in [5, 5.41) is 0. The number of esters is 1. The van der Waals surface area contributed by atoms with Crippen molar-refractivity contribution in [2.24, 2.45) is 0 Å². The normalized spacial score (nSPS) is 19.3. The fourth-order valence-electron chi connectivity index (χ4n) is 0.806. The summed E-state index contributed by atoms with van der Waals surface area (Å²) in [7, 11) is 0. The number of hydrogen-bond acceptors (Lipinski definition) is 2. The number of rotatable bonds is 0. The van der Waals surface area contributed by atoms with Crippen molar-refractivity contribution in [3.8, 4) is 0 Å². The lowest BCUT2D eigenvalue weighted by molar-refractivity contribution is -0.142. The standard InChI is InChI=1S/C6H10O2.H4Si/c7-6-4-2-1-3-5-8-6;/h1-5H2;1H4. The Balaban J connectivity index is 0.000000640. The number of hydrogen-bond donors (Lipinski definition) is 0. The molecular formula is C6H14O2Si. The zero-order valence-electron chi connectivity index (χ0n) is 4.85. The lowest BCUT2D eigenvalue weighted by Crippen LogP contribution is -2.00. The predicted molar refractivity (Wildman–Crippen MR) is 40.8 cm³/mol. The molecule has 0 unspecified atom stereocenters. The lowest BCUT2D eigenvalue weighted by atomic mass is 10.2. The van der Waals surface area contributed by atoms with Crippen LogP contribution in [-0.4, -0.2) is 23.5 Å². The quantitative estimate of drug-likeness (QED) is 0.345. The first-order valence-electron chi connectivity index (χ1n) is 3.05. The minimum Gasteiger partial charge on any atom is -0.466 e. The highest BCUT2D eigenvalue weighted by Crippen LogP contribution is 2.06. The third kappa shape index (κ3) is 3.29. The van der Waals surface area contributed by atoms with E-state index in [-0.39, 0.29) is 16.9 Å². The maximum absolute atomic E-state index is 10.5. The number of carbonyl (C=O) groups is 1. The first kappa shape index (κ1) is 8.69. The smallest absolute Gasteiger partial charge is 0.305 e.